The summed E-state index contributed by atoms with van der Waals surface area (Å²) in [6.07, 6.45) is 20.4. The molecule has 0 heterocycles. The molecule has 0 aliphatic heterocycles. The lowest BCUT2D eigenvalue weighted by Crippen LogP contribution is -2.27. The summed E-state index contributed by atoms with van der Waals surface area (Å²) in [6, 6.07) is 0. The van der Waals surface area contributed by atoms with E-state index in [4.69, 9.17) is 19.3 Å². The van der Waals surface area contributed by atoms with E-state index in [1.54, 1.807) is 0 Å². The van der Waals surface area contributed by atoms with Crippen molar-refractivity contribution in [3.8, 4) is 0 Å². The zero-order valence-corrected chi connectivity index (χ0v) is 20.8. The van der Waals surface area contributed by atoms with E-state index >= 15 is 0 Å². The fraction of sp³-hybridized carbons (Fsp3) is 0.957. The third kappa shape index (κ3) is 21.2. The summed E-state index contributed by atoms with van der Waals surface area (Å²) >= 11 is 0. The predicted molar refractivity (Wildman–Crippen MR) is 125 cm³/mol. The molecule has 1 atom stereocenters. The van der Waals surface area contributed by atoms with Gasteiger partial charge in [0.25, 0.3) is 0 Å². The third-order valence-corrected chi connectivity index (χ3v) is 5.94. The molecule has 31 heavy (non-hydrogen) atoms. The van der Waals surface area contributed by atoms with Crippen LogP contribution in [0, 0.1) is 0 Å². The lowest BCUT2D eigenvalue weighted by Gasteiger charge is -2.17. The van der Waals surface area contributed by atoms with Crippen LogP contribution in [0.25, 0.3) is 0 Å². The first kappa shape index (κ1) is 30.5. The summed E-state index contributed by atoms with van der Waals surface area (Å²) in [5.41, 5.74) is -1.53. The van der Waals surface area contributed by atoms with Crippen molar-refractivity contribution in [2.24, 2.45) is 0 Å². The van der Waals surface area contributed by atoms with E-state index in [1.165, 1.54) is 97.0 Å². The van der Waals surface area contributed by atoms with Crippen LogP contribution in [0.2, 0.25) is 0 Å². The van der Waals surface area contributed by atoms with Gasteiger partial charge >= 0.3 is 13.3 Å². The molecule has 0 rings (SSSR count). The number of carbonyl (C=O) groups excluding carboxylic acids is 1. The van der Waals surface area contributed by atoms with Gasteiger partial charge in [-0.25, -0.2) is 9.36 Å². The number of methoxy groups -OCH3 is 1. The van der Waals surface area contributed by atoms with Gasteiger partial charge in [-0.1, -0.05) is 103 Å². The predicted octanol–water partition coefficient (Wildman–Crippen LogP) is 6.59. The van der Waals surface area contributed by atoms with Gasteiger partial charge in [0.1, 0.15) is 12.7 Å². The first-order chi connectivity index (χ1) is 14.9. The summed E-state index contributed by atoms with van der Waals surface area (Å²) in [4.78, 5) is 28.6. The molecule has 0 aromatic heterocycles. The van der Waals surface area contributed by atoms with Gasteiger partial charge in [-0.2, -0.15) is 0 Å². The Morgan fingerprint density at radius 2 is 1.16 bits per heavy atom. The largest absolute Gasteiger partial charge is 0.454 e. The Morgan fingerprint density at radius 3 is 1.55 bits per heavy atom. The first-order valence-corrected chi connectivity index (χ1v) is 13.9. The molecule has 8 heteroatoms. The highest BCUT2D eigenvalue weighted by Gasteiger charge is 2.28. The number of carbonyl (C=O) groups is 1. The van der Waals surface area contributed by atoms with Crippen molar-refractivity contribution in [1.82, 2.24) is 0 Å². The molecule has 0 saturated heterocycles. The van der Waals surface area contributed by atoms with Crippen molar-refractivity contribution in [3.63, 3.8) is 0 Å². The normalized spacial score (nSPS) is 12.8. The second-order valence-corrected chi connectivity index (χ2v) is 9.83. The van der Waals surface area contributed by atoms with Gasteiger partial charge < -0.3 is 24.0 Å². The molecule has 0 saturated carbocycles. The van der Waals surface area contributed by atoms with Gasteiger partial charge in [0.15, 0.2) is 0 Å². The van der Waals surface area contributed by atoms with Crippen LogP contribution in [0.15, 0.2) is 0 Å². The van der Waals surface area contributed by atoms with Crippen LogP contribution in [-0.2, 0) is 18.8 Å². The van der Waals surface area contributed by atoms with Crippen molar-refractivity contribution in [3.05, 3.63) is 0 Å². The molecule has 0 aromatic rings. The highest BCUT2D eigenvalue weighted by Crippen LogP contribution is 2.36. The molecular weight excluding hydrogens is 419 g/mol. The molecule has 0 aliphatic rings. The fourth-order valence-corrected chi connectivity index (χ4v) is 3.72. The minimum absolute atomic E-state index is 0.202. The molecule has 0 unspecified atom stereocenters. The monoisotopic (exact) mass is 466 g/mol. The molecule has 7 nitrogen and oxygen atoms in total. The Labute approximate surface area is 189 Å². The van der Waals surface area contributed by atoms with Gasteiger partial charge in [-0.3, -0.25) is 0 Å². The van der Waals surface area contributed by atoms with Crippen LogP contribution in [0.5, 0.6) is 0 Å². The number of hydrogen-bond donors (Lipinski definition) is 2. The van der Waals surface area contributed by atoms with E-state index in [1.807, 2.05) is 0 Å². The van der Waals surface area contributed by atoms with Gasteiger partial charge in [0, 0.05) is 13.7 Å². The number of unbranched alkanes of at least 4 members (excludes halogenated alkanes) is 15. The molecule has 0 aliphatic carbocycles. The van der Waals surface area contributed by atoms with E-state index in [0.717, 1.165) is 12.8 Å². The smallest absolute Gasteiger partial charge is 0.433 e. The minimum atomic E-state index is -4.85. The average Bonchev–Trinajstić information content (AvgIpc) is 2.73. The second kappa shape index (κ2) is 21.4. The van der Waals surface area contributed by atoms with Crippen LogP contribution in [0.4, 0.5) is 4.79 Å². The van der Waals surface area contributed by atoms with Gasteiger partial charge in [0.05, 0.1) is 6.61 Å². The van der Waals surface area contributed by atoms with Crippen molar-refractivity contribution in [2.75, 3.05) is 26.9 Å². The number of hydrogen-bond acceptors (Lipinski definition) is 5. The summed E-state index contributed by atoms with van der Waals surface area (Å²) in [5, 5.41) is 0. The highest BCUT2D eigenvalue weighted by molar-refractivity contribution is 7.69. The molecule has 0 aromatic carbocycles. The fourth-order valence-electron chi connectivity index (χ4n) is 3.48. The van der Waals surface area contributed by atoms with E-state index < -0.39 is 19.4 Å². The van der Waals surface area contributed by atoms with E-state index in [9.17, 15) is 9.36 Å². The molecule has 186 valence electrons. The Balaban J connectivity index is 3.45. The van der Waals surface area contributed by atoms with Crippen molar-refractivity contribution in [1.29, 1.82) is 0 Å². The number of rotatable bonds is 23. The van der Waals surface area contributed by atoms with Crippen molar-refractivity contribution < 1.29 is 33.4 Å². The zero-order valence-electron chi connectivity index (χ0n) is 19.9. The number of ether oxygens (including phenoxy) is 3. The molecule has 0 fully saturated rings. The highest BCUT2D eigenvalue weighted by atomic mass is 31.2. The topological polar surface area (TPSA) is 102 Å². The molecule has 0 amide bonds. The van der Waals surface area contributed by atoms with Crippen molar-refractivity contribution >= 4 is 13.3 Å². The summed E-state index contributed by atoms with van der Waals surface area (Å²) < 4.78 is 26.0. The lowest BCUT2D eigenvalue weighted by atomic mass is 10.0. The van der Waals surface area contributed by atoms with Gasteiger partial charge in [-0.05, 0) is 6.42 Å². The Bertz CT molecular complexity index is 453. The Hall–Kier alpha value is -0.460. The van der Waals surface area contributed by atoms with E-state index in [-0.39, 0.29) is 13.2 Å². The van der Waals surface area contributed by atoms with E-state index in [0.29, 0.717) is 6.61 Å². The molecule has 0 spiro atoms. The second-order valence-electron chi connectivity index (χ2n) is 8.37. The summed E-state index contributed by atoms with van der Waals surface area (Å²) in [6.45, 7) is 2.75. The van der Waals surface area contributed by atoms with Crippen LogP contribution in [-0.4, -0.2) is 48.5 Å². The van der Waals surface area contributed by atoms with Crippen molar-refractivity contribution in [2.45, 2.75) is 116 Å². The maximum absolute atomic E-state index is 11.1. The third-order valence-electron chi connectivity index (χ3n) is 5.33. The molecule has 0 radical (unpaired) electrons. The van der Waals surface area contributed by atoms with Crippen LogP contribution in [0.1, 0.15) is 110 Å². The van der Waals surface area contributed by atoms with Crippen LogP contribution >= 0.6 is 7.60 Å². The summed E-state index contributed by atoms with van der Waals surface area (Å²) in [7, 11) is -3.36. The molecule has 2 N–H and O–H groups in total. The average molecular weight is 467 g/mol. The maximum Gasteiger partial charge on any atom is 0.433 e. The first-order valence-electron chi connectivity index (χ1n) is 12.2. The zero-order chi connectivity index (χ0) is 23.2. The van der Waals surface area contributed by atoms with Gasteiger partial charge in [0.2, 0.25) is 0 Å². The van der Waals surface area contributed by atoms with Crippen LogP contribution in [0.3, 0.4) is 0 Å². The maximum atomic E-state index is 11.1. The Kier molecular flexibility index (Phi) is 21.1. The SMILES string of the molecule is CCCCCCCCCCCCCCCCCCO[C@@H](COC)COC(=O)P(=O)(O)O. The minimum Gasteiger partial charge on any atom is -0.454 e. The van der Waals surface area contributed by atoms with Crippen LogP contribution < -0.4 is 0 Å². The molecular formula is C23H47O7P. The van der Waals surface area contributed by atoms with Gasteiger partial charge in [-0.15, -0.1) is 0 Å². The standard InChI is InChI=1S/C23H47O7P/c1-3-4-5-6-7-8-9-10-11-12-13-14-15-16-17-18-19-29-22(20-28-2)21-30-23(24)31(25,26)27/h22H,3-21H2,1-2H3,(H2,25,26,27)/t22-/m0/s1. The molecule has 0 bridgehead atoms. The Morgan fingerprint density at radius 1 is 0.742 bits per heavy atom. The summed E-state index contributed by atoms with van der Waals surface area (Å²) in [5.74, 6) is 0. The lowest BCUT2D eigenvalue weighted by molar-refractivity contribution is -0.0335. The van der Waals surface area contributed by atoms with E-state index in [2.05, 4.69) is 11.7 Å². The quantitative estimate of drug-likeness (QED) is 0.129.